The molecule has 1 aromatic carbocycles. The van der Waals surface area contributed by atoms with E-state index < -0.39 is 0 Å². The third kappa shape index (κ3) is 3.13. The van der Waals surface area contributed by atoms with Crippen molar-refractivity contribution in [1.29, 1.82) is 0 Å². The van der Waals surface area contributed by atoms with Crippen LogP contribution in [-0.4, -0.2) is 0 Å². The fraction of sp³-hybridized carbons (Fsp3) is 0.0909. The van der Waals surface area contributed by atoms with Crippen LogP contribution in [0.5, 0.6) is 0 Å². The maximum absolute atomic E-state index is 13.8. The van der Waals surface area contributed by atoms with Gasteiger partial charge in [-0.25, -0.2) is 4.39 Å². The standard InChI is InChI=1S/C11H5Br3ClFS/c12-7-3-9(16)6(2-8(7)15)11(14)5-1-10(13)17-4-5/h1-4,11H. The Morgan fingerprint density at radius 1 is 1.24 bits per heavy atom. The second-order valence-electron chi connectivity index (χ2n) is 3.33. The molecule has 0 amide bonds. The minimum Gasteiger partial charge on any atom is -0.207 e. The van der Waals surface area contributed by atoms with Gasteiger partial charge in [0.2, 0.25) is 0 Å². The molecule has 0 saturated heterocycles. The van der Waals surface area contributed by atoms with Crippen LogP contribution in [0, 0.1) is 5.82 Å². The van der Waals surface area contributed by atoms with Gasteiger partial charge in [-0.15, -0.1) is 11.3 Å². The lowest BCUT2D eigenvalue weighted by atomic mass is 10.1. The quantitative estimate of drug-likeness (QED) is 0.350. The molecule has 0 saturated carbocycles. The molecule has 1 unspecified atom stereocenters. The fourth-order valence-corrected chi connectivity index (χ4v) is 3.85. The molecule has 6 heteroatoms. The molecule has 0 aliphatic carbocycles. The summed E-state index contributed by atoms with van der Waals surface area (Å²) in [6.45, 7) is 0. The first-order chi connectivity index (χ1) is 7.99. The van der Waals surface area contributed by atoms with Crippen molar-refractivity contribution in [1.82, 2.24) is 0 Å². The van der Waals surface area contributed by atoms with Crippen LogP contribution in [-0.2, 0) is 0 Å². The highest BCUT2D eigenvalue weighted by atomic mass is 79.9. The van der Waals surface area contributed by atoms with Crippen LogP contribution in [0.25, 0.3) is 0 Å². The monoisotopic (exact) mass is 460 g/mol. The van der Waals surface area contributed by atoms with E-state index in [1.54, 1.807) is 17.4 Å². The van der Waals surface area contributed by atoms with E-state index in [0.29, 0.717) is 15.1 Å². The molecule has 0 aliphatic rings. The highest BCUT2D eigenvalue weighted by Crippen LogP contribution is 2.38. The van der Waals surface area contributed by atoms with Crippen LogP contribution >= 0.6 is 70.7 Å². The minimum absolute atomic E-state index is 0.198. The average molecular weight is 463 g/mol. The van der Waals surface area contributed by atoms with E-state index in [4.69, 9.17) is 11.6 Å². The predicted molar refractivity (Wildman–Crippen MR) is 81.9 cm³/mol. The van der Waals surface area contributed by atoms with Crippen molar-refractivity contribution in [2.24, 2.45) is 0 Å². The molecule has 0 radical (unpaired) electrons. The minimum atomic E-state index is -0.287. The second-order valence-corrected chi connectivity index (χ2v) is 7.80. The van der Waals surface area contributed by atoms with Gasteiger partial charge < -0.3 is 0 Å². The first-order valence-corrected chi connectivity index (χ1v) is 8.27. The SMILES string of the molecule is Fc1cc(Br)c(Cl)cc1C(Br)c1csc(Br)c1. The fourth-order valence-electron chi connectivity index (χ4n) is 1.37. The van der Waals surface area contributed by atoms with Crippen LogP contribution in [0.4, 0.5) is 4.39 Å². The molecular weight excluding hydrogens is 458 g/mol. The lowest BCUT2D eigenvalue weighted by molar-refractivity contribution is 0.613. The Morgan fingerprint density at radius 3 is 2.53 bits per heavy atom. The summed E-state index contributed by atoms with van der Waals surface area (Å²) in [5.74, 6) is -0.287. The zero-order chi connectivity index (χ0) is 12.6. The van der Waals surface area contributed by atoms with Crippen LogP contribution in [0.2, 0.25) is 5.02 Å². The van der Waals surface area contributed by atoms with Gasteiger partial charge in [-0.2, -0.15) is 0 Å². The van der Waals surface area contributed by atoms with Gasteiger partial charge in [-0.05, 0) is 61.0 Å². The first kappa shape index (κ1) is 14.0. The van der Waals surface area contributed by atoms with Gasteiger partial charge in [-0.3, -0.25) is 0 Å². The van der Waals surface area contributed by atoms with Crippen LogP contribution in [0.3, 0.4) is 0 Å². The largest absolute Gasteiger partial charge is 0.207 e. The Kier molecular flexibility index (Phi) is 4.69. The van der Waals surface area contributed by atoms with E-state index in [0.717, 1.165) is 9.35 Å². The zero-order valence-corrected chi connectivity index (χ0v) is 14.5. The van der Waals surface area contributed by atoms with E-state index in [9.17, 15) is 4.39 Å². The lowest BCUT2D eigenvalue weighted by Crippen LogP contribution is -1.95. The molecule has 90 valence electrons. The zero-order valence-electron chi connectivity index (χ0n) is 8.18. The number of halogens is 5. The summed E-state index contributed by atoms with van der Waals surface area (Å²) in [6, 6.07) is 4.97. The van der Waals surface area contributed by atoms with Crippen molar-refractivity contribution in [2.45, 2.75) is 4.83 Å². The average Bonchev–Trinajstić information content (AvgIpc) is 2.69. The summed E-state index contributed by atoms with van der Waals surface area (Å²) in [5, 5.41) is 2.47. The second kappa shape index (κ2) is 5.70. The highest BCUT2D eigenvalue weighted by Gasteiger charge is 2.17. The van der Waals surface area contributed by atoms with E-state index in [1.807, 2.05) is 11.4 Å². The van der Waals surface area contributed by atoms with Crippen molar-refractivity contribution in [2.75, 3.05) is 0 Å². The van der Waals surface area contributed by atoms with E-state index >= 15 is 0 Å². The normalized spacial score (nSPS) is 12.8. The molecule has 0 aliphatic heterocycles. The molecule has 0 N–H and O–H groups in total. The molecular formula is C11H5Br3ClFS. The Bertz CT molecular complexity index is 556. The molecule has 0 bridgehead atoms. The Labute approximate surface area is 133 Å². The van der Waals surface area contributed by atoms with Gasteiger partial charge in [0, 0.05) is 10.0 Å². The molecule has 17 heavy (non-hydrogen) atoms. The number of benzene rings is 1. The third-order valence-electron chi connectivity index (χ3n) is 2.19. The molecule has 1 heterocycles. The Balaban J connectivity index is 2.43. The van der Waals surface area contributed by atoms with Gasteiger partial charge >= 0.3 is 0 Å². The summed E-state index contributed by atoms with van der Waals surface area (Å²) >= 11 is 17.6. The number of hydrogen-bond acceptors (Lipinski definition) is 1. The Morgan fingerprint density at radius 2 is 1.94 bits per heavy atom. The van der Waals surface area contributed by atoms with E-state index in [-0.39, 0.29) is 10.6 Å². The smallest absolute Gasteiger partial charge is 0.129 e. The summed E-state index contributed by atoms with van der Waals surface area (Å²) in [5.41, 5.74) is 1.53. The molecule has 1 atom stereocenters. The van der Waals surface area contributed by atoms with E-state index in [1.165, 1.54) is 6.07 Å². The van der Waals surface area contributed by atoms with Crippen LogP contribution < -0.4 is 0 Å². The Hall–Kier alpha value is 0.580. The topological polar surface area (TPSA) is 0 Å². The number of rotatable bonds is 2. The molecule has 0 nitrogen and oxygen atoms in total. The van der Waals surface area contributed by atoms with Crippen LogP contribution in [0.1, 0.15) is 16.0 Å². The molecule has 0 fully saturated rings. The van der Waals surface area contributed by atoms with Crippen molar-refractivity contribution >= 4 is 70.7 Å². The maximum atomic E-state index is 13.8. The van der Waals surface area contributed by atoms with Gasteiger partial charge in [0.05, 0.1) is 13.6 Å². The summed E-state index contributed by atoms with van der Waals surface area (Å²) in [4.78, 5) is -0.198. The third-order valence-corrected chi connectivity index (χ3v) is 5.93. The number of alkyl halides is 1. The van der Waals surface area contributed by atoms with Crippen molar-refractivity contribution < 1.29 is 4.39 Å². The summed E-state index contributed by atoms with van der Waals surface area (Å²) in [6.07, 6.45) is 0. The maximum Gasteiger partial charge on any atom is 0.129 e. The van der Waals surface area contributed by atoms with Crippen molar-refractivity contribution in [3.05, 3.63) is 53.8 Å². The molecule has 2 aromatic rings. The summed E-state index contributed by atoms with van der Waals surface area (Å²) in [7, 11) is 0. The molecule has 2 rings (SSSR count). The highest BCUT2D eigenvalue weighted by molar-refractivity contribution is 9.11. The van der Waals surface area contributed by atoms with Crippen LogP contribution in [0.15, 0.2) is 31.8 Å². The van der Waals surface area contributed by atoms with Gasteiger partial charge in [0.25, 0.3) is 0 Å². The molecule has 1 aromatic heterocycles. The molecule has 0 spiro atoms. The van der Waals surface area contributed by atoms with Gasteiger partial charge in [0.1, 0.15) is 5.82 Å². The predicted octanol–water partition coefficient (Wildman–Crippen LogP) is 6.55. The number of hydrogen-bond donors (Lipinski definition) is 0. The van der Waals surface area contributed by atoms with E-state index in [2.05, 4.69) is 47.8 Å². The van der Waals surface area contributed by atoms with Gasteiger partial charge in [-0.1, -0.05) is 27.5 Å². The van der Waals surface area contributed by atoms with Crippen molar-refractivity contribution in [3.63, 3.8) is 0 Å². The number of thiophene rings is 1. The first-order valence-electron chi connectivity index (χ1n) is 4.51. The lowest BCUT2D eigenvalue weighted by Gasteiger charge is -2.11. The summed E-state index contributed by atoms with van der Waals surface area (Å²) < 4.78 is 15.4. The van der Waals surface area contributed by atoms with Gasteiger partial charge in [0.15, 0.2) is 0 Å². The van der Waals surface area contributed by atoms with Crippen molar-refractivity contribution in [3.8, 4) is 0 Å².